The Bertz CT molecular complexity index is 1170. The van der Waals surface area contributed by atoms with Crippen molar-refractivity contribution in [2.24, 2.45) is 0 Å². The maximum absolute atomic E-state index is 13.2. The summed E-state index contributed by atoms with van der Waals surface area (Å²) < 4.78 is 71.5. The van der Waals surface area contributed by atoms with Gasteiger partial charge in [-0.3, -0.25) is 4.79 Å². The minimum atomic E-state index is -9.97. The van der Waals surface area contributed by atoms with E-state index in [1.807, 2.05) is 27.7 Å². The number of carbonyl (C=O) groups is 2. The van der Waals surface area contributed by atoms with Crippen LogP contribution in [0.1, 0.15) is 72.7 Å². The molecule has 1 aromatic carbocycles. The molecule has 12 heteroatoms. The van der Waals surface area contributed by atoms with Crippen molar-refractivity contribution >= 4 is 38.4 Å². The third-order valence-corrected chi connectivity index (χ3v) is 7.78. The molecule has 1 aliphatic heterocycles. The van der Waals surface area contributed by atoms with Gasteiger partial charge < -0.3 is 15.4 Å². The number of ether oxygens (including phenoxy) is 1. The number of rotatable bonds is 5. The monoisotopic (exact) mass is 526 g/mol. The van der Waals surface area contributed by atoms with Crippen LogP contribution in [0.3, 0.4) is 0 Å². The number of nitrogens with one attached hydrogen (secondary N) is 2. The Hall–Kier alpha value is -2.18. The van der Waals surface area contributed by atoms with Crippen molar-refractivity contribution in [3.05, 3.63) is 45.8 Å². The fraction of sp³-hybridized carbons (Fsp3) is 0.455. The molecule has 34 heavy (non-hydrogen) atoms. The average molecular weight is 527 g/mol. The molecule has 3 rings (SSSR count). The largest absolute Gasteiger partial charge is 0.459 e. The Labute approximate surface area is 198 Å². The molecule has 0 saturated carbocycles. The molecule has 0 unspecified atom stereocenters. The van der Waals surface area contributed by atoms with Gasteiger partial charge in [0.1, 0.15) is 9.90 Å². The molecule has 0 spiro atoms. The number of benzene rings is 1. The van der Waals surface area contributed by atoms with Gasteiger partial charge in [0.15, 0.2) is 0 Å². The molecule has 2 N–H and O–H groups in total. The summed E-state index contributed by atoms with van der Waals surface area (Å²) in [7, 11) is -9.97. The predicted octanol–water partition coefficient (Wildman–Crippen LogP) is 7.38. The van der Waals surface area contributed by atoms with E-state index in [9.17, 15) is 29.0 Å². The van der Waals surface area contributed by atoms with Crippen LogP contribution in [0, 0.1) is 0 Å². The van der Waals surface area contributed by atoms with Crippen molar-refractivity contribution in [1.29, 1.82) is 0 Å². The van der Waals surface area contributed by atoms with Crippen molar-refractivity contribution in [3.63, 3.8) is 0 Å². The van der Waals surface area contributed by atoms with E-state index in [1.165, 1.54) is 0 Å². The fourth-order valence-corrected chi connectivity index (χ4v) is 6.10. The molecular weight excluding hydrogens is 499 g/mol. The summed E-state index contributed by atoms with van der Waals surface area (Å²) in [6, 6.07) is 2.08. The maximum Gasteiger partial charge on any atom is 0.341 e. The first-order valence-corrected chi connectivity index (χ1v) is 13.2. The minimum Gasteiger partial charge on any atom is -0.459 e. The van der Waals surface area contributed by atoms with Crippen LogP contribution in [0.5, 0.6) is 0 Å². The number of hydrogen-bond acceptors (Lipinski definition) is 5. The number of esters is 1. The quantitative estimate of drug-likeness (QED) is 0.315. The lowest BCUT2D eigenvalue weighted by Gasteiger charge is -2.42. The first kappa shape index (κ1) is 26.4. The summed E-state index contributed by atoms with van der Waals surface area (Å²) in [6.45, 7) is 11.0. The van der Waals surface area contributed by atoms with E-state index in [4.69, 9.17) is 4.74 Å². The highest BCUT2D eigenvalue weighted by Gasteiger charge is 2.65. The van der Waals surface area contributed by atoms with E-state index in [0.29, 0.717) is 12.0 Å². The molecule has 2 heterocycles. The molecule has 0 aliphatic carbocycles. The predicted molar refractivity (Wildman–Crippen MR) is 125 cm³/mol. The SMILES string of the molecule is CC(C)OC(=O)c1c(NC(=O)c2cccc(S(F)(F)(F)(F)F)c2)sc2c1CC(C)(C)NC2(C)C. The van der Waals surface area contributed by atoms with Gasteiger partial charge in [0.25, 0.3) is 5.91 Å². The van der Waals surface area contributed by atoms with Gasteiger partial charge in [-0.15, -0.1) is 11.3 Å². The van der Waals surface area contributed by atoms with Crippen LogP contribution in [0.2, 0.25) is 0 Å². The van der Waals surface area contributed by atoms with Crippen LogP contribution in [0.15, 0.2) is 29.2 Å². The van der Waals surface area contributed by atoms with Crippen LogP contribution in [-0.4, -0.2) is 23.5 Å². The van der Waals surface area contributed by atoms with Gasteiger partial charge in [-0.1, -0.05) is 25.5 Å². The molecule has 0 saturated heterocycles. The Kier molecular flexibility index (Phi) is 5.76. The summed E-state index contributed by atoms with van der Waals surface area (Å²) in [5.74, 6) is -1.73. The number of amides is 1. The highest BCUT2D eigenvalue weighted by molar-refractivity contribution is 8.45. The van der Waals surface area contributed by atoms with Gasteiger partial charge in [0.2, 0.25) is 0 Å². The van der Waals surface area contributed by atoms with Gasteiger partial charge in [-0.25, -0.2) is 4.79 Å². The summed E-state index contributed by atoms with van der Waals surface area (Å²) in [5, 5.41) is 6.01. The lowest BCUT2D eigenvalue weighted by Crippen LogP contribution is -2.55. The molecule has 0 radical (unpaired) electrons. The van der Waals surface area contributed by atoms with Gasteiger partial charge in [0, 0.05) is 21.5 Å². The number of fused-ring (bicyclic) bond motifs is 1. The molecule has 0 fully saturated rings. The van der Waals surface area contributed by atoms with Crippen molar-refractivity contribution in [3.8, 4) is 0 Å². The molecule has 2 aromatic rings. The zero-order chi connectivity index (χ0) is 26.0. The lowest BCUT2D eigenvalue weighted by atomic mass is 9.81. The fourth-order valence-electron chi connectivity index (χ4n) is 4.16. The maximum atomic E-state index is 13.2. The number of halogens is 5. The van der Waals surface area contributed by atoms with Gasteiger partial charge in [0.05, 0.1) is 11.7 Å². The average Bonchev–Trinajstić information content (AvgIpc) is 2.96. The van der Waals surface area contributed by atoms with Crippen LogP contribution in [0.4, 0.5) is 24.4 Å². The van der Waals surface area contributed by atoms with E-state index >= 15 is 0 Å². The number of carbonyl (C=O) groups excluding carboxylic acids is 2. The Morgan fingerprint density at radius 2 is 1.74 bits per heavy atom. The van der Waals surface area contributed by atoms with Crippen LogP contribution < -0.4 is 10.6 Å². The second-order valence-corrected chi connectivity index (χ2v) is 13.3. The molecule has 0 atom stereocenters. The summed E-state index contributed by atoms with van der Waals surface area (Å²) in [4.78, 5) is 24.4. The minimum absolute atomic E-state index is 0.0889. The molecular formula is C22H27F5N2O3S2. The Morgan fingerprint density at radius 1 is 1.12 bits per heavy atom. The van der Waals surface area contributed by atoms with Gasteiger partial charge in [-0.05, 0) is 71.7 Å². The standard InChI is InChI=1S/C22H27F5N2O3S2/c1-12(2)32-20(31)16-15-11-21(3,4)29-22(5,6)17(15)33-19(16)28-18(30)13-8-7-9-14(10-13)34(23,24,25,26)27/h7-10,12,29H,11H2,1-6H3,(H,28,30). The summed E-state index contributed by atoms with van der Waals surface area (Å²) in [5.41, 5.74) is -0.812. The molecule has 1 aliphatic rings. The van der Waals surface area contributed by atoms with Crippen molar-refractivity contribution in [1.82, 2.24) is 5.32 Å². The molecule has 0 bridgehead atoms. The Balaban J connectivity index is 2.09. The normalized spacial score (nSPS) is 19.1. The van der Waals surface area contributed by atoms with Crippen LogP contribution >= 0.6 is 21.6 Å². The zero-order valence-corrected chi connectivity index (χ0v) is 21.2. The number of hydrogen-bond donors (Lipinski definition) is 2. The second-order valence-electron chi connectivity index (χ2n) is 9.83. The van der Waals surface area contributed by atoms with Crippen LogP contribution in [-0.2, 0) is 16.7 Å². The summed E-state index contributed by atoms with van der Waals surface area (Å²) >= 11 is 1.10. The smallest absolute Gasteiger partial charge is 0.341 e. The third-order valence-electron chi connectivity index (χ3n) is 5.16. The van der Waals surface area contributed by atoms with E-state index in [2.05, 4.69) is 10.6 Å². The number of thiophene rings is 1. The highest BCUT2D eigenvalue weighted by atomic mass is 32.5. The molecule has 1 aromatic heterocycles. The van der Waals surface area contributed by atoms with Gasteiger partial charge >= 0.3 is 16.2 Å². The first-order chi connectivity index (χ1) is 15.1. The Morgan fingerprint density at radius 3 is 2.29 bits per heavy atom. The highest BCUT2D eigenvalue weighted by Crippen LogP contribution is 3.02. The van der Waals surface area contributed by atoms with Crippen molar-refractivity contribution < 1.29 is 33.8 Å². The first-order valence-electron chi connectivity index (χ1n) is 10.4. The molecule has 5 nitrogen and oxygen atoms in total. The third kappa shape index (κ3) is 5.55. The van der Waals surface area contributed by atoms with Crippen molar-refractivity contribution in [2.45, 2.75) is 70.0 Å². The van der Waals surface area contributed by atoms with E-state index < -0.39 is 49.7 Å². The topological polar surface area (TPSA) is 67.4 Å². The van der Waals surface area contributed by atoms with E-state index in [-0.39, 0.29) is 22.7 Å². The van der Waals surface area contributed by atoms with E-state index in [1.54, 1.807) is 13.8 Å². The zero-order valence-electron chi connectivity index (χ0n) is 19.5. The summed E-state index contributed by atoms with van der Waals surface area (Å²) in [6.07, 6.45) is -0.0242. The second kappa shape index (κ2) is 7.41. The van der Waals surface area contributed by atoms with Gasteiger partial charge in [-0.2, -0.15) is 0 Å². The van der Waals surface area contributed by atoms with Crippen molar-refractivity contribution in [2.75, 3.05) is 5.32 Å². The number of anilines is 1. The molecule has 1 amide bonds. The lowest BCUT2D eigenvalue weighted by molar-refractivity contribution is 0.0377. The molecule has 190 valence electrons. The van der Waals surface area contributed by atoms with Crippen LogP contribution in [0.25, 0.3) is 0 Å². The van der Waals surface area contributed by atoms with E-state index in [0.717, 1.165) is 28.3 Å².